The van der Waals surface area contributed by atoms with Crippen LogP contribution in [-0.2, 0) is 20.9 Å². The van der Waals surface area contributed by atoms with Crippen LogP contribution in [0.2, 0.25) is 0 Å². The normalized spacial score (nSPS) is 16.4. The summed E-state index contributed by atoms with van der Waals surface area (Å²) in [6, 6.07) is 7.09. The van der Waals surface area contributed by atoms with Gasteiger partial charge in [0.15, 0.2) is 6.61 Å². The molecule has 0 aliphatic heterocycles. The van der Waals surface area contributed by atoms with E-state index >= 15 is 0 Å². The number of carboxylic acid groups (broad SMARTS) is 1. The van der Waals surface area contributed by atoms with E-state index in [0.717, 1.165) is 37.7 Å². The molecule has 1 aliphatic carbocycles. The lowest BCUT2D eigenvalue weighted by Gasteiger charge is -2.37. The number of carboxylic acids is 1. The number of carbonyl (C=O) groups excluding carboxylic acids is 1. The average Bonchev–Trinajstić information content (AvgIpc) is 2.61. The number of hydrogen-bond donors (Lipinski definition) is 1. The molecule has 1 amide bonds. The van der Waals surface area contributed by atoms with Gasteiger partial charge < -0.3 is 19.5 Å². The van der Waals surface area contributed by atoms with Crippen molar-refractivity contribution in [1.29, 1.82) is 0 Å². The number of hydrogen-bond acceptors (Lipinski definition) is 4. The monoisotopic (exact) mass is 335 g/mol. The largest absolute Gasteiger partial charge is 0.482 e. The van der Waals surface area contributed by atoms with Crippen LogP contribution < -0.4 is 4.74 Å². The number of ether oxygens (including phenoxy) is 2. The average molecular weight is 335 g/mol. The second-order valence-corrected chi connectivity index (χ2v) is 6.25. The summed E-state index contributed by atoms with van der Waals surface area (Å²) in [4.78, 5) is 25.0. The van der Waals surface area contributed by atoms with Crippen LogP contribution in [0, 0.1) is 0 Å². The van der Waals surface area contributed by atoms with Gasteiger partial charge in [-0.05, 0) is 30.5 Å². The van der Waals surface area contributed by atoms with Crippen molar-refractivity contribution in [3.8, 4) is 5.75 Å². The maximum Gasteiger partial charge on any atom is 0.341 e. The van der Waals surface area contributed by atoms with Crippen molar-refractivity contribution in [3.05, 3.63) is 29.8 Å². The van der Waals surface area contributed by atoms with Crippen molar-refractivity contribution in [2.45, 2.75) is 44.2 Å². The fraction of sp³-hybridized carbons (Fsp3) is 0.556. The van der Waals surface area contributed by atoms with Crippen molar-refractivity contribution in [3.63, 3.8) is 0 Å². The summed E-state index contributed by atoms with van der Waals surface area (Å²) in [5.74, 6) is -0.492. The maximum atomic E-state index is 12.8. The Morgan fingerprint density at radius 3 is 2.33 bits per heavy atom. The third kappa shape index (κ3) is 4.47. The van der Waals surface area contributed by atoms with Gasteiger partial charge >= 0.3 is 5.97 Å². The van der Waals surface area contributed by atoms with E-state index in [1.54, 1.807) is 31.2 Å². The SMILES string of the molecule is COC1(C(=O)N(C)Cc2ccc(OCC(=O)O)cc2)CCCCC1. The van der Waals surface area contributed by atoms with Gasteiger partial charge in [-0.25, -0.2) is 4.79 Å². The summed E-state index contributed by atoms with van der Waals surface area (Å²) in [6.45, 7) is 0.108. The summed E-state index contributed by atoms with van der Waals surface area (Å²) < 4.78 is 10.7. The van der Waals surface area contributed by atoms with E-state index in [4.69, 9.17) is 14.6 Å². The molecule has 1 aliphatic rings. The third-order valence-electron chi connectivity index (χ3n) is 4.49. The van der Waals surface area contributed by atoms with Gasteiger partial charge in [0.25, 0.3) is 5.91 Å². The van der Waals surface area contributed by atoms with E-state index in [9.17, 15) is 9.59 Å². The van der Waals surface area contributed by atoms with Crippen LogP contribution in [-0.4, -0.2) is 48.2 Å². The topological polar surface area (TPSA) is 76.1 Å². The van der Waals surface area contributed by atoms with Crippen LogP contribution in [0.1, 0.15) is 37.7 Å². The first-order chi connectivity index (χ1) is 11.5. The highest BCUT2D eigenvalue weighted by Crippen LogP contribution is 2.33. The van der Waals surface area contributed by atoms with Crippen LogP contribution in [0.15, 0.2) is 24.3 Å². The van der Waals surface area contributed by atoms with Gasteiger partial charge in [-0.3, -0.25) is 4.79 Å². The molecular formula is C18H25NO5. The Labute approximate surface area is 142 Å². The number of amides is 1. The Hall–Kier alpha value is -2.08. The first-order valence-electron chi connectivity index (χ1n) is 8.21. The lowest BCUT2D eigenvalue weighted by atomic mass is 9.83. The van der Waals surface area contributed by atoms with Gasteiger partial charge in [0.05, 0.1) is 0 Å². The first kappa shape index (κ1) is 18.3. The van der Waals surface area contributed by atoms with Crippen LogP contribution >= 0.6 is 0 Å². The number of nitrogens with zero attached hydrogens (tertiary/aromatic N) is 1. The zero-order valence-corrected chi connectivity index (χ0v) is 14.3. The number of aliphatic carboxylic acids is 1. The number of rotatable bonds is 7. The summed E-state index contributed by atoms with van der Waals surface area (Å²) in [6.07, 6.45) is 4.73. The Morgan fingerprint density at radius 2 is 1.79 bits per heavy atom. The quantitative estimate of drug-likeness (QED) is 0.828. The number of methoxy groups -OCH3 is 1. The Kier molecular flexibility index (Phi) is 6.20. The van der Waals surface area contributed by atoms with E-state index in [2.05, 4.69) is 0 Å². The Bertz CT molecular complexity index is 563. The van der Waals surface area contributed by atoms with Crippen LogP contribution in [0.5, 0.6) is 5.75 Å². The molecule has 1 fully saturated rings. The number of benzene rings is 1. The molecule has 0 saturated heterocycles. The van der Waals surface area contributed by atoms with Crippen LogP contribution in [0.4, 0.5) is 0 Å². The third-order valence-corrected chi connectivity index (χ3v) is 4.49. The molecule has 0 aromatic heterocycles. The molecule has 0 unspecified atom stereocenters. The molecule has 0 radical (unpaired) electrons. The van der Waals surface area contributed by atoms with Gasteiger partial charge in [0.1, 0.15) is 11.4 Å². The maximum absolute atomic E-state index is 12.8. The van der Waals surface area contributed by atoms with E-state index in [0.29, 0.717) is 12.3 Å². The predicted molar refractivity (Wildman–Crippen MR) is 88.9 cm³/mol. The summed E-state index contributed by atoms with van der Waals surface area (Å²) in [5.41, 5.74) is 0.271. The minimum atomic E-state index is -1.01. The van der Waals surface area contributed by atoms with Gasteiger partial charge in [-0.2, -0.15) is 0 Å². The fourth-order valence-corrected chi connectivity index (χ4v) is 3.16. The molecule has 6 nitrogen and oxygen atoms in total. The molecule has 2 rings (SSSR count). The molecule has 1 aromatic rings. The molecule has 1 aromatic carbocycles. The minimum absolute atomic E-state index is 0.0240. The molecule has 24 heavy (non-hydrogen) atoms. The van der Waals surface area contributed by atoms with Crippen LogP contribution in [0.25, 0.3) is 0 Å². The van der Waals surface area contributed by atoms with Gasteiger partial charge in [-0.1, -0.05) is 31.4 Å². The van der Waals surface area contributed by atoms with Crippen LogP contribution in [0.3, 0.4) is 0 Å². The fourth-order valence-electron chi connectivity index (χ4n) is 3.16. The lowest BCUT2D eigenvalue weighted by Crippen LogP contribution is -2.49. The molecular weight excluding hydrogens is 310 g/mol. The second-order valence-electron chi connectivity index (χ2n) is 6.25. The summed E-state index contributed by atoms with van der Waals surface area (Å²) in [7, 11) is 3.40. The van der Waals surface area contributed by atoms with Crippen molar-refractivity contribution < 1.29 is 24.2 Å². The molecule has 0 bridgehead atoms. The molecule has 1 saturated carbocycles. The Balaban J connectivity index is 1.96. The van der Waals surface area contributed by atoms with E-state index < -0.39 is 11.6 Å². The first-order valence-corrected chi connectivity index (χ1v) is 8.21. The molecule has 132 valence electrons. The highest BCUT2D eigenvalue weighted by atomic mass is 16.5. The lowest BCUT2D eigenvalue weighted by molar-refractivity contribution is -0.158. The minimum Gasteiger partial charge on any atom is -0.482 e. The van der Waals surface area contributed by atoms with Gasteiger partial charge in [0, 0.05) is 20.7 Å². The van der Waals surface area contributed by atoms with Crippen molar-refractivity contribution >= 4 is 11.9 Å². The predicted octanol–water partition coefficient (Wildman–Crippen LogP) is 2.46. The molecule has 0 spiro atoms. The summed E-state index contributed by atoms with van der Waals surface area (Å²) in [5, 5.41) is 8.60. The zero-order chi connectivity index (χ0) is 17.6. The zero-order valence-electron chi connectivity index (χ0n) is 14.3. The van der Waals surface area contributed by atoms with Gasteiger partial charge in [-0.15, -0.1) is 0 Å². The van der Waals surface area contributed by atoms with Crippen molar-refractivity contribution in [1.82, 2.24) is 4.90 Å². The van der Waals surface area contributed by atoms with Crippen molar-refractivity contribution in [2.75, 3.05) is 20.8 Å². The summed E-state index contributed by atoms with van der Waals surface area (Å²) >= 11 is 0. The van der Waals surface area contributed by atoms with Gasteiger partial charge in [0.2, 0.25) is 0 Å². The molecule has 0 heterocycles. The smallest absolute Gasteiger partial charge is 0.341 e. The molecule has 1 N–H and O–H groups in total. The molecule has 6 heteroatoms. The number of carbonyl (C=O) groups is 2. The van der Waals surface area contributed by atoms with E-state index in [1.807, 2.05) is 12.1 Å². The highest BCUT2D eigenvalue weighted by molar-refractivity contribution is 5.85. The Morgan fingerprint density at radius 1 is 1.17 bits per heavy atom. The molecule has 0 atom stereocenters. The highest BCUT2D eigenvalue weighted by Gasteiger charge is 2.41. The number of likely N-dealkylation sites (N-methyl/N-ethyl adjacent to an activating group) is 1. The van der Waals surface area contributed by atoms with E-state index in [-0.39, 0.29) is 12.5 Å². The second kappa shape index (κ2) is 8.15. The standard InChI is InChI=1S/C18H25NO5/c1-19(17(22)18(23-2)10-4-3-5-11-18)12-14-6-8-15(9-7-14)24-13-16(20)21/h6-9H,3-5,10-13H2,1-2H3,(H,20,21). The van der Waals surface area contributed by atoms with Crippen molar-refractivity contribution in [2.24, 2.45) is 0 Å². The van der Waals surface area contributed by atoms with E-state index in [1.165, 1.54) is 0 Å².